The number of ether oxygens (including phenoxy) is 1. The van der Waals surface area contributed by atoms with E-state index in [1.165, 1.54) is 0 Å². The maximum atomic E-state index is 11.1. The number of carbonyl (C=O) groups is 1. The molecule has 0 aliphatic carbocycles. The first-order valence-corrected chi connectivity index (χ1v) is 5.52. The average Bonchev–Trinajstić information content (AvgIpc) is 2.15. The van der Waals surface area contributed by atoms with Crippen LogP contribution in [0.3, 0.4) is 0 Å². The second kappa shape index (κ2) is 5.98. The lowest BCUT2D eigenvalue weighted by Crippen LogP contribution is -2.18. The van der Waals surface area contributed by atoms with E-state index >= 15 is 0 Å². The SMILES string of the molecule is NC(I)CC(=O)OCc1ccccc1. The summed E-state index contributed by atoms with van der Waals surface area (Å²) in [5.74, 6) is -0.254. The highest BCUT2D eigenvalue weighted by Gasteiger charge is 2.06. The molecule has 0 saturated heterocycles. The summed E-state index contributed by atoms with van der Waals surface area (Å²) in [7, 11) is 0. The van der Waals surface area contributed by atoms with Gasteiger partial charge in [0.15, 0.2) is 0 Å². The maximum absolute atomic E-state index is 11.1. The topological polar surface area (TPSA) is 52.3 Å². The second-order valence-electron chi connectivity index (χ2n) is 2.87. The fourth-order valence-electron chi connectivity index (χ4n) is 0.956. The van der Waals surface area contributed by atoms with Crippen LogP contribution in [0.5, 0.6) is 0 Å². The number of halogens is 1. The Balaban J connectivity index is 2.31. The van der Waals surface area contributed by atoms with Gasteiger partial charge >= 0.3 is 5.97 Å². The second-order valence-corrected chi connectivity index (χ2v) is 4.47. The van der Waals surface area contributed by atoms with Crippen LogP contribution in [0.15, 0.2) is 30.3 Å². The Morgan fingerprint density at radius 2 is 2.07 bits per heavy atom. The van der Waals surface area contributed by atoms with Gasteiger partial charge in [-0.15, -0.1) is 0 Å². The molecule has 0 aliphatic heterocycles. The number of hydrogen-bond acceptors (Lipinski definition) is 3. The molecule has 14 heavy (non-hydrogen) atoms. The molecule has 0 saturated carbocycles. The van der Waals surface area contributed by atoms with Gasteiger partial charge in [0, 0.05) is 0 Å². The molecule has 0 radical (unpaired) electrons. The highest BCUT2D eigenvalue weighted by molar-refractivity contribution is 14.1. The van der Waals surface area contributed by atoms with Crippen LogP contribution < -0.4 is 5.73 Å². The van der Waals surface area contributed by atoms with Crippen molar-refractivity contribution in [3.8, 4) is 0 Å². The van der Waals surface area contributed by atoms with Crippen LogP contribution in [-0.2, 0) is 16.1 Å². The van der Waals surface area contributed by atoms with Gasteiger partial charge in [0.25, 0.3) is 0 Å². The number of esters is 1. The molecular formula is C10H12INO2. The largest absolute Gasteiger partial charge is 0.461 e. The van der Waals surface area contributed by atoms with Gasteiger partial charge in [-0.05, 0) is 5.56 Å². The number of benzene rings is 1. The predicted octanol–water partition coefficient (Wildman–Crippen LogP) is 1.84. The Morgan fingerprint density at radius 3 is 2.64 bits per heavy atom. The number of hydrogen-bond donors (Lipinski definition) is 1. The lowest BCUT2D eigenvalue weighted by Gasteiger charge is -2.05. The first-order chi connectivity index (χ1) is 6.68. The van der Waals surface area contributed by atoms with E-state index in [0.29, 0.717) is 6.61 Å². The van der Waals surface area contributed by atoms with E-state index in [1.54, 1.807) is 0 Å². The minimum atomic E-state index is -0.254. The van der Waals surface area contributed by atoms with E-state index in [0.717, 1.165) is 5.56 Å². The minimum absolute atomic E-state index is 0.170. The average molecular weight is 305 g/mol. The molecule has 76 valence electrons. The lowest BCUT2D eigenvalue weighted by atomic mass is 10.2. The van der Waals surface area contributed by atoms with Crippen LogP contribution in [-0.4, -0.2) is 10.0 Å². The van der Waals surface area contributed by atoms with Crippen molar-refractivity contribution in [1.82, 2.24) is 0 Å². The minimum Gasteiger partial charge on any atom is -0.461 e. The number of alkyl halides is 1. The first-order valence-electron chi connectivity index (χ1n) is 4.27. The zero-order valence-corrected chi connectivity index (χ0v) is 9.81. The van der Waals surface area contributed by atoms with Gasteiger partial charge in [0.2, 0.25) is 0 Å². The quantitative estimate of drug-likeness (QED) is 0.400. The maximum Gasteiger partial charge on any atom is 0.308 e. The molecule has 4 heteroatoms. The molecule has 0 fully saturated rings. The van der Waals surface area contributed by atoms with Crippen molar-refractivity contribution >= 4 is 28.6 Å². The monoisotopic (exact) mass is 305 g/mol. The number of rotatable bonds is 4. The van der Waals surface area contributed by atoms with Crippen molar-refractivity contribution < 1.29 is 9.53 Å². The predicted molar refractivity (Wildman–Crippen MR) is 62.9 cm³/mol. The smallest absolute Gasteiger partial charge is 0.308 e. The lowest BCUT2D eigenvalue weighted by molar-refractivity contribution is -0.144. The van der Waals surface area contributed by atoms with Crippen LogP contribution in [0, 0.1) is 0 Å². The third kappa shape index (κ3) is 4.57. The highest BCUT2D eigenvalue weighted by atomic mass is 127. The van der Waals surface area contributed by atoms with Crippen LogP contribution in [0.4, 0.5) is 0 Å². The van der Waals surface area contributed by atoms with Crippen LogP contribution in [0.2, 0.25) is 0 Å². The van der Waals surface area contributed by atoms with E-state index in [-0.39, 0.29) is 16.4 Å². The number of nitrogens with two attached hydrogens (primary N) is 1. The van der Waals surface area contributed by atoms with E-state index in [4.69, 9.17) is 10.5 Å². The van der Waals surface area contributed by atoms with Crippen LogP contribution in [0.25, 0.3) is 0 Å². The van der Waals surface area contributed by atoms with Gasteiger partial charge in [-0.3, -0.25) is 4.79 Å². The zero-order valence-electron chi connectivity index (χ0n) is 7.65. The Kier molecular flexibility index (Phi) is 4.89. The Bertz CT molecular complexity index is 287. The molecule has 1 atom stereocenters. The summed E-state index contributed by atoms with van der Waals surface area (Å²) in [5, 5.41) is 0. The van der Waals surface area contributed by atoms with Crippen molar-refractivity contribution in [2.45, 2.75) is 17.1 Å². The molecule has 2 N–H and O–H groups in total. The molecule has 0 bridgehead atoms. The molecule has 0 spiro atoms. The Morgan fingerprint density at radius 1 is 1.43 bits per heavy atom. The third-order valence-electron chi connectivity index (χ3n) is 1.60. The van der Waals surface area contributed by atoms with Crippen molar-refractivity contribution in [3.05, 3.63) is 35.9 Å². The Hall–Kier alpha value is -0.620. The summed E-state index contributed by atoms with van der Waals surface area (Å²) in [5.41, 5.74) is 6.44. The van der Waals surface area contributed by atoms with E-state index in [9.17, 15) is 4.79 Å². The first kappa shape index (κ1) is 11.5. The highest BCUT2D eigenvalue weighted by Crippen LogP contribution is 2.04. The van der Waals surface area contributed by atoms with Gasteiger partial charge in [-0.1, -0.05) is 52.9 Å². The van der Waals surface area contributed by atoms with Crippen molar-refractivity contribution in [1.29, 1.82) is 0 Å². The summed E-state index contributed by atoms with van der Waals surface area (Å²) in [4.78, 5) is 11.1. The molecule has 0 amide bonds. The fourth-order valence-corrected chi connectivity index (χ4v) is 1.32. The number of carbonyl (C=O) groups excluding carboxylic acids is 1. The molecule has 0 aliphatic rings. The molecular weight excluding hydrogens is 293 g/mol. The van der Waals surface area contributed by atoms with Crippen LogP contribution >= 0.6 is 22.6 Å². The summed E-state index contributed by atoms with van der Waals surface area (Å²) in [6.45, 7) is 0.322. The molecule has 0 heterocycles. The summed E-state index contributed by atoms with van der Waals surface area (Å²) in [6, 6.07) is 9.57. The summed E-state index contributed by atoms with van der Waals surface area (Å²) < 4.78 is 4.84. The Labute approximate surface area is 96.8 Å². The molecule has 1 aromatic rings. The standard InChI is InChI=1S/C10H12INO2/c11-9(12)6-10(13)14-7-8-4-2-1-3-5-8/h1-5,9H,6-7,12H2. The van der Waals surface area contributed by atoms with Gasteiger partial charge < -0.3 is 10.5 Å². The molecule has 1 aromatic carbocycles. The third-order valence-corrected chi connectivity index (χ3v) is 2.04. The van der Waals surface area contributed by atoms with Gasteiger partial charge in [-0.2, -0.15) is 0 Å². The molecule has 0 aromatic heterocycles. The fraction of sp³-hybridized carbons (Fsp3) is 0.300. The summed E-state index contributed by atoms with van der Waals surface area (Å²) in [6.07, 6.45) is 0.257. The molecule has 3 nitrogen and oxygen atoms in total. The van der Waals surface area contributed by atoms with Gasteiger partial charge in [-0.25, -0.2) is 0 Å². The van der Waals surface area contributed by atoms with Crippen LogP contribution in [0.1, 0.15) is 12.0 Å². The van der Waals surface area contributed by atoms with Crippen molar-refractivity contribution in [2.75, 3.05) is 0 Å². The van der Waals surface area contributed by atoms with Gasteiger partial charge in [0.1, 0.15) is 6.61 Å². The van der Waals surface area contributed by atoms with Crippen molar-refractivity contribution in [3.63, 3.8) is 0 Å². The summed E-state index contributed by atoms with van der Waals surface area (Å²) >= 11 is 1.99. The van der Waals surface area contributed by atoms with E-state index < -0.39 is 0 Å². The van der Waals surface area contributed by atoms with E-state index in [2.05, 4.69) is 0 Å². The van der Waals surface area contributed by atoms with Crippen molar-refractivity contribution in [2.24, 2.45) is 5.73 Å². The van der Waals surface area contributed by atoms with E-state index in [1.807, 2.05) is 52.9 Å². The zero-order chi connectivity index (χ0) is 10.4. The molecule has 1 rings (SSSR count). The molecule has 1 unspecified atom stereocenters. The van der Waals surface area contributed by atoms with Gasteiger partial charge in [0.05, 0.1) is 10.5 Å². The normalized spacial score (nSPS) is 12.1.